The summed E-state index contributed by atoms with van der Waals surface area (Å²) < 4.78 is 6.43. The zero-order valence-electron chi connectivity index (χ0n) is 21.0. The maximum absolute atomic E-state index is 13.3. The second-order valence-electron chi connectivity index (χ2n) is 8.89. The number of unbranched alkanes of at least 4 members (excludes halogenated alkanes) is 3. The van der Waals surface area contributed by atoms with Crippen LogP contribution in [-0.2, 0) is 25.5 Å². The molecule has 37 heavy (non-hydrogen) atoms. The van der Waals surface area contributed by atoms with Crippen molar-refractivity contribution in [2.45, 2.75) is 58.5 Å². The molecule has 1 atom stereocenters. The number of carbonyl (C=O) groups is 4. The summed E-state index contributed by atoms with van der Waals surface area (Å²) in [6, 6.07) is 14.2. The van der Waals surface area contributed by atoms with Crippen molar-refractivity contribution < 1.29 is 29.0 Å². The van der Waals surface area contributed by atoms with Gasteiger partial charge in [0, 0.05) is 35.1 Å². The Labute approximate surface area is 220 Å². The van der Waals surface area contributed by atoms with E-state index in [0.29, 0.717) is 23.6 Å². The third-order valence-corrected chi connectivity index (χ3v) is 6.42. The van der Waals surface area contributed by atoms with Crippen molar-refractivity contribution in [2.24, 2.45) is 0 Å². The van der Waals surface area contributed by atoms with Crippen LogP contribution < -0.4 is 5.32 Å². The fourth-order valence-electron chi connectivity index (χ4n) is 4.33. The Hall–Kier alpha value is -3.65. The summed E-state index contributed by atoms with van der Waals surface area (Å²) in [5.41, 5.74) is 2.78. The van der Waals surface area contributed by atoms with Gasteiger partial charge in [0.1, 0.15) is 0 Å². The first kappa shape index (κ1) is 27.9. The molecule has 1 heterocycles. The Bertz CT molecular complexity index is 1280. The third-order valence-electron chi connectivity index (χ3n) is 6.17. The van der Waals surface area contributed by atoms with Crippen LogP contribution in [0.5, 0.6) is 0 Å². The number of esters is 1. The van der Waals surface area contributed by atoms with Gasteiger partial charge in [-0.15, -0.1) is 0 Å². The first-order valence-electron chi connectivity index (χ1n) is 12.2. The number of amides is 1. The topological polar surface area (TPSA) is 115 Å². The van der Waals surface area contributed by atoms with E-state index in [1.165, 1.54) is 6.92 Å². The average molecular weight is 527 g/mol. The standard InChI is InChI=1S/C28H31ClN2O6/c1-18-23(17-26(33)30-16-8-4-3-5-11-25(28(35)36)37-19(2)32)22-9-6-7-10-24(22)31(18)27(34)20-12-14-21(29)15-13-20/h6-7,9-10,12-15,25H,3-5,8,11,16-17H2,1-2H3,(H,30,33)(H,35,36). The third kappa shape index (κ3) is 7.43. The first-order valence-corrected chi connectivity index (χ1v) is 12.6. The van der Waals surface area contributed by atoms with E-state index in [4.69, 9.17) is 21.4 Å². The second-order valence-corrected chi connectivity index (χ2v) is 9.33. The molecule has 0 radical (unpaired) electrons. The monoisotopic (exact) mass is 526 g/mol. The molecule has 0 aliphatic carbocycles. The molecule has 9 heteroatoms. The molecule has 2 aromatic carbocycles. The summed E-state index contributed by atoms with van der Waals surface area (Å²) in [6.07, 6.45) is 2.22. The SMILES string of the molecule is CC(=O)OC(CCCCCCNC(=O)Cc1c(C)n(C(=O)c2ccc(Cl)cc2)c2ccccc12)C(=O)O. The van der Waals surface area contributed by atoms with Gasteiger partial charge < -0.3 is 15.2 Å². The van der Waals surface area contributed by atoms with Crippen LogP contribution in [0.3, 0.4) is 0 Å². The highest BCUT2D eigenvalue weighted by Crippen LogP contribution is 2.27. The number of hydrogen-bond donors (Lipinski definition) is 2. The second kappa shape index (κ2) is 13.1. The lowest BCUT2D eigenvalue weighted by Crippen LogP contribution is -2.26. The van der Waals surface area contributed by atoms with E-state index in [-0.39, 0.29) is 24.7 Å². The predicted octanol–water partition coefficient (Wildman–Crippen LogP) is 4.92. The van der Waals surface area contributed by atoms with Crippen molar-refractivity contribution in [2.75, 3.05) is 6.54 Å². The van der Waals surface area contributed by atoms with Crippen molar-refractivity contribution in [3.63, 3.8) is 0 Å². The van der Waals surface area contributed by atoms with Gasteiger partial charge in [0.05, 0.1) is 11.9 Å². The number of rotatable bonds is 12. The van der Waals surface area contributed by atoms with Gasteiger partial charge in [-0.3, -0.25) is 19.0 Å². The average Bonchev–Trinajstić information content (AvgIpc) is 3.13. The minimum Gasteiger partial charge on any atom is -0.479 e. The van der Waals surface area contributed by atoms with Crippen molar-refractivity contribution in [1.29, 1.82) is 0 Å². The molecule has 0 aliphatic rings. The molecule has 196 valence electrons. The number of aromatic nitrogens is 1. The van der Waals surface area contributed by atoms with Gasteiger partial charge in [-0.25, -0.2) is 4.79 Å². The number of carboxylic acids is 1. The van der Waals surface area contributed by atoms with Gasteiger partial charge >= 0.3 is 11.9 Å². The Morgan fingerprint density at radius 1 is 1.00 bits per heavy atom. The normalized spacial score (nSPS) is 11.8. The quantitative estimate of drug-likeness (QED) is 0.256. The number of ether oxygens (including phenoxy) is 1. The van der Waals surface area contributed by atoms with Crippen LogP contribution in [0, 0.1) is 6.92 Å². The lowest BCUT2D eigenvalue weighted by atomic mass is 10.1. The van der Waals surface area contributed by atoms with Crippen LogP contribution >= 0.6 is 11.6 Å². The number of carboxylic acid groups (broad SMARTS) is 1. The van der Waals surface area contributed by atoms with E-state index in [9.17, 15) is 19.2 Å². The zero-order valence-corrected chi connectivity index (χ0v) is 21.7. The Morgan fingerprint density at radius 2 is 1.68 bits per heavy atom. The number of halogens is 1. The molecule has 3 rings (SSSR count). The van der Waals surface area contributed by atoms with E-state index in [1.807, 2.05) is 31.2 Å². The van der Waals surface area contributed by atoms with Crippen molar-refractivity contribution in [3.8, 4) is 0 Å². The number of nitrogens with zero attached hydrogens (tertiary/aromatic N) is 1. The molecular weight excluding hydrogens is 496 g/mol. The largest absolute Gasteiger partial charge is 0.479 e. The number of carbonyl (C=O) groups excluding carboxylic acids is 3. The molecule has 1 aromatic heterocycles. The molecule has 0 spiro atoms. The Kier molecular flexibility index (Phi) is 9.85. The van der Waals surface area contributed by atoms with Gasteiger partial charge in [-0.1, -0.05) is 42.6 Å². The Morgan fingerprint density at radius 3 is 2.35 bits per heavy atom. The highest BCUT2D eigenvalue weighted by atomic mass is 35.5. The molecule has 0 bridgehead atoms. The summed E-state index contributed by atoms with van der Waals surface area (Å²) in [7, 11) is 0. The van der Waals surface area contributed by atoms with Gasteiger partial charge in [0.25, 0.3) is 5.91 Å². The molecule has 0 saturated carbocycles. The lowest BCUT2D eigenvalue weighted by Gasteiger charge is -2.12. The molecule has 3 aromatic rings. The number of para-hydroxylation sites is 1. The van der Waals surface area contributed by atoms with E-state index < -0.39 is 18.0 Å². The van der Waals surface area contributed by atoms with Crippen LogP contribution in [0.25, 0.3) is 10.9 Å². The van der Waals surface area contributed by atoms with E-state index in [0.717, 1.165) is 41.4 Å². The molecule has 1 amide bonds. The molecule has 8 nitrogen and oxygen atoms in total. The van der Waals surface area contributed by atoms with Gasteiger partial charge in [-0.05, 0) is 62.1 Å². The van der Waals surface area contributed by atoms with E-state index in [1.54, 1.807) is 28.8 Å². The smallest absolute Gasteiger partial charge is 0.345 e. The number of benzene rings is 2. The first-order chi connectivity index (χ1) is 17.7. The highest BCUT2D eigenvalue weighted by Gasteiger charge is 2.22. The minimum absolute atomic E-state index is 0.134. The highest BCUT2D eigenvalue weighted by molar-refractivity contribution is 6.30. The molecule has 0 aliphatic heterocycles. The van der Waals surface area contributed by atoms with E-state index >= 15 is 0 Å². The van der Waals surface area contributed by atoms with Crippen molar-refractivity contribution >= 4 is 46.3 Å². The maximum atomic E-state index is 13.3. The molecule has 2 N–H and O–H groups in total. The molecular formula is C28H31ClN2O6. The number of nitrogens with one attached hydrogen (secondary N) is 1. The van der Waals surface area contributed by atoms with Crippen LogP contribution in [-0.4, -0.2) is 46.1 Å². The van der Waals surface area contributed by atoms with Crippen molar-refractivity contribution in [1.82, 2.24) is 9.88 Å². The minimum atomic E-state index is -1.14. The van der Waals surface area contributed by atoms with Crippen molar-refractivity contribution in [3.05, 3.63) is 70.4 Å². The lowest BCUT2D eigenvalue weighted by molar-refractivity contribution is -0.163. The summed E-state index contributed by atoms with van der Waals surface area (Å²) in [5.74, 6) is -2.07. The van der Waals surface area contributed by atoms with Gasteiger partial charge in [0.15, 0.2) is 6.10 Å². The number of hydrogen-bond acceptors (Lipinski definition) is 5. The van der Waals surface area contributed by atoms with Gasteiger partial charge in [0.2, 0.25) is 5.91 Å². The van der Waals surface area contributed by atoms with Gasteiger partial charge in [-0.2, -0.15) is 0 Å². The fourth-order valence-corrected chi connectivity index (χ4v) is 4.46. The summed E-state index contributed by atoms with van der Waals surface area (Å²) in [4.78, 5) is 48.1. The summed E-state index contributed by atoms with van der Waals surface area (Å²) >= 11 is 5.97. The summed E-state index contributed by atoms with van der Waals surface area (Å²) in [6.45, 7) is 3.53. The molecule has 1 unspecified atom stereocenters. The molecule has 0 saturated heterocycles. The predicted molar refractivity (Wildman–Crippen MR) is 141 cm³/mol. The number of fused-ring (bicyclic) bond motifs is 1. The zero-order chi connectivity index (χ0) is 26.9. The van der Waals surface area contributed by atoms with Crippen LogP contribution in [0.15, 0.2) is 48.5 Å². The maximum Gasteiger partial charge on any atom is 0.345 e. The Balaban J connectivity index is 1.55. The summed E-state index contributed by atoms with van der Waals surface area (Å²) in [5, 5.41) is 13.4. The fraction of sp³-hybridized carbons (Fsp3) is 0.357. The number of aliphatic carboxylic acids is 1. The molecule has 0 fully saturated rings. The van der Waals surface area contributed by atoms with Crippen LogP contribution in [0.4, 0.5) is 0 Å². The van der Waals surface area contributed by atoms with Crippen LogP contribution in [0.2, 0.25) is 5.02 Å². The van der Waals surface area contributed by atoms with Crippen LogP contribution in [0.1, 0.15) is 60.6 Å². The van der Waals surface area contributed by atoms with E-state index in [2.05, 4.69) is 5.32 Å².